The van der Waals surface area contributed by atoms with Gasteiger partial charge in [-0.1, -0.05) is 0 Å². The summed E-state index contributed by atoms with van der Waals surface area (Å²) in [6, 6.07) is 0. The van der Waals surface area contributed by atoms with E-state index in [2.05, 4.69) is 10.2 Å². The molecule has 104 valence electrons. The highest BCUT2D eigenvalue weighted by molar-refractivity contribution is 5.87. The van der Waals surface area contributed by atoms with Crippen LogP contribution in [0.1, 0.15) is 43.8 Å². The number of carbonyl (C=O) groups is 1. The highest BCUT2D eigenvalue weighted by Gasteiger charge is 2.43. The zero-order valence-electron chi connectivity index (χ0n) is 11.4. The van der Waals surface area contributed by atoms with Crippen molar-refractivity contribution < 1.29 is 4.79 Å². The van der Waals surface area contributed by atoms with Crippen LogP contribution in [-0.4, -0.2) is 44.2 Å². The Bertz CT molecular complexity index is 479. The second kappa shape index (κ2) is 4.59. The van der Waals surface area contributed by atoms with E-state index in [4.69, 9.17) is 5.73 Å². The summed E-state index contributed by atoms with van der Waals surface area (Å²) in [6.45, 7) is 1.55. The molecule has 2 aliphatic rings. The lowest BCUT2D eigenvalue weighted by Gasteiger charge is -2.42. The van der Waals surface area contributed by atoms with E-state index < -0.39 is 5.54 Å². The molecule has 1 unspecified atom stereocenters. The fourth-order valence-electron chi connectivity index (χ4n) is 3.12. The van der Waals surface area contributed by atoms with Crippen LogP contribution in [0.4, 0.5) is 0 Å². The van der Waals surface area contributed by atoms with E-state index in [1.54, 1.807) is 6.33 Å². The largest absolute Gasteiger partial charge is 0.340 e. The van der Waals surface area contributed by atoms with Crippen LogP contribution in [0, 0.1) is 0 Å². The topological polar surface area (TPSA) is 77.0 Å². The number of nitrogens with two attached hydrogens (primary N) is 1. The number of piperidine rings is 1. The molecule has 0 spiro atoms. The molecule has 0 aromatic carbocycles. The minimum absolute atomic E-state index is 0.130. The molecule has 3 rings (SSSR count). The lowest BCUT2D eigenvalue weighted by atomic mass is 9.76. The molecule has 2 N–H and O–H groups in total. The molecule has 0 bridgehead atoms. The molecule has 1 aromatic rings. The Balaban J connectivity index is 1.71. The van der Waals surface area contributed by atoms with Crippen LogP contribution in [0.15, 0.2) is 6.33 Å². The van der Waals surface area contributed by atoms with E-state index in [1.165, 1.54) is 0 Å². The van der Waals surface area contributed by atoms with Crippen molar-refractivity contribution >= 4 is 5.91 Å². The Labute approximate surface area is 113 Å². The third-order valence-corrected chi connectivity index (χ3v) is 4.49. The molecular weight excluding hydrogens is 242 g/mol. The fourth-order valence-corrected chi connectivity index (χ4v) is 3.12. The van der Waals surface area contributed by atoms with Gasteiger partial charge in [0.1, 0.15) is 12.2 Å². The third-order valence-electron chi connectivity index (χ3n) is 4.49. The molecule has 1 aliphatic heterocycles. The summed E-state index contributed by atoms with van der Waals surface area (Å²) in [5.41, 5.74) is 5.57. The van der Waals surface area contributed by atoms with Crippen LogP contribution in [0.25, 0.3) is 0 Å². The van der Waals surface area contributed by atoms with Crippen LogP contribution in [0.3, 0.4) is 0 Å². The molecule has 2 fully saturated rings. The van der Waals surface area contributed by atoms with Crippen molar-refractivity contribution in [1.29, 1.82) is 0 Å². The third kappa shape index (κ3) is 2.14. The number of hydrogen-bond acceptors (Lipinski definition) is 4. The van der Waals surface area contributed by atoms with E-state index >= 15 is 0 Å². The first-order valence-corrected chi connectivity index (χ1v) is 7.02. The summed E-state index contributed by atoms with van der Waals surface area (Å²) in [4.78, 5) is 14.4. The van der Waals surface area contributed by atoms with Gasteiger partial charge in [-0.2, -0.15) is 0 Å². The van der Waals surface area contributed by atoms with E-state index in [0.29, 0.717) is 0 Å². The number of nitrogens with zero attached hydrogens (tertiary/aromatic N) is 4. The Morgan fingerprint density at radius 2 is 2.26 bits per heavy atom. The van der Waals surface area contributed by atoms with Gasteiger partial charge in [0.15, 0.2) is 0 Å². The maximum atomic E-state index is 12.5. The summed E-state index contributed by atoms with van der Waals surface area (Å²) in [5.74, 6) is 1.39. The average molecular weight is 263 g/mol. The number of carbonyl (C=O) groups excluding carboxylic acids is 1. The molecule has 2 heterocycles. The van der Waals surface area contributed by atoms with Gasteiger partial charge in [0, 0.05) is 26.1 Å². The molecule has 19 heavy (non-hydrogen) atoms. The van der Waals surface area contributed by atoms with Gasteiger partial charge < -0.3 is 15.2 Å². The van der Waals surface area contributed by atoms with Crippen LogP contribution in [0.2, 0.25) is 0 Å². The van der Waals surface area contributed by atoms with Crippen molar-refractivity contribution in [1.82, 2.24) is 19.7 Å². The van der Waals surface area contributed by atoms with Gasteiger partial charge in [-0.3, -0.25) is 4.79 Å². The summed E-state index contributed by atoms with van der Waals surface area (Å²) < 4.78 is 1.94. The monoisotopic (exact) mass is 263 g/mol. The van der Waals surface area contributed by atoms with Gasteiger partial charge in [-0.15, -0.1) is 10.2 Å². The van der Waals surface area contributed by atoms with Crippen molar-refractivity contribution in [2.45, 2.75) is 43.6 Å². The Morgan fingerprint density at radius 1 is 1.47 bits per heavy atom. The molecule has 1 saturated heterocycles. The number of amides is 1. The van der Waals surface area contributed by atoms with Gasteiger partial charge in [0.25, 0.3) is 0 Å². The second-order valence-corrected chi connectivity index (χ2v) is 5.90. The predicted octanol–water partition coefficient (Wildman–Crippen LogP) is 0.402. The molecule has 0 radical (unpaired) electrons. The maximum Gasteiger partial charge on any atom is 0.242 e. The first-order valence-electron chi connectivity index (χ1n) is 7.02. The minimum Gasteiger partial charge on any atom is -0.340 e. The maximum absolute atomic E-state index is 12.5. The second-order valence-electron chi connectivity index (χ2n) is 5.90. The summed E-state index contributed by atoms with van der Waals surface area (Å²) in [5, 5.41) is 8.10. The average Bonchev–Trinajstić information content (AvgIpc) is 2.81. The lowest BCUT2D eigenvalue weighted by Crippen LogP contribution is -2.60. The zero-order chi connectivity index (χ0) is 13.5. The van der Waals surface area contributed by atoms with Gasteiger partial charge in [0.2, 0.25) is 5.91 Å². The normalized spacial score (nSPS) is 26.0. The standard InChI is InChI=1S/C13H21N5O/c1-17-9-15-16-11(17)10-4-2-7-18(8-10)12(19)13(14)5-3-6-13/h9-10H,2-8,14H2,1H3. The zero-order valence-corrected chi connectivity index (χ0v) is 11.4. The van der Waals surface area contributed by atoms with Crippen molar-refractivity contribution in [3.63, 3.8) is 0 Å². The quantitative estimate of drug-likeness (QED) is 0.838. The Morgan fingerprint density at radius 3 is 2.84 bits per heavy atom. The Hall–Kier alpha value is -1.43. The van der Waals surface area contributed by atoms with Crippen molar-refractivity contribution in [2.24, 2.45) is 12.8 Å². The lowest BCUT2D eigenvalue weighted by molar-refractivity contribution is -0.141. The first-order chi connectivity index (χ1) is 9.10. The minimum atomic E-state index is -0.582. The fraction of sp³-hybridized carbons (Fsp3) is 0.769. The molecule has 6 heteroatoms. The van der Waals surface area contributed by atoms with E-state index in [9.17, 15) is 4.79 Å². The molecule has 6 nitrogen and oxygen atoms in total. The van der Waals surface area contributed by atoms with E-state index in [0.717, 1.165) is 51.0 Å². The summed E-state index contributed by atoms with van der Waals surface area (Å²) in [7, 11) is 1.95. The smallest absolute Gasteiger partial charge is 0.242 e. The summed E-state index contributed by atoms with van der Waals surface area (Å²) >= 11 is 0. The predicted molar refractivity (Wildman–Crippen MR) is 70.3 cm³/mol. The molecule has 1 aromatic heterocycles. The highest BCUT2D eigenvalue weighted by atomic mass is 16.2. The van der Waals surface area contributed by atoms with Crippen LogP contribution in [-0.2, 0) is 11.8 Å². The van der Waals surface area contributed by atoms with E-state index in [1.807, 2.05) is 16.5 Å². The van der Waals surface area contributed by atoms with Gasteiger partial charge in [-0.05, 0) is 32.1 Å². The van der Waals surface area contributed by atoms with Gasteiger partial charge >= 0.3 is 0 Å². The highest BCUT2D eigenvalue weighted by Crippen LogP contribution is 2.33. The number of aromatic nitrogens is 3. The number of likely N-dealkylation sites (tertiary alicyclic amines) is 1. The van der Waals surface area contributed by atoms with Crippen LogP contribution < -0.4 is 5.73 Å². The van der Waals surface area contributed by atoms with Crippen LogP contribution >= 0.6 is 0 Å². The molecule has 1 atom stereocenters. The van der Waals surface area contributed by atoms with Crippen molar-refractivity contribution in [3.8, 4) is 0 Å². The molecule has 1 amide bonds. The Kier molecular flexibility index (Phi) is 3.05. The van der Waals surface area contributed by atoms with Crippen molar-refractivity contribution in [3.05, 3.63) is 12.2 Å². The molecule has 1 saturated carbocycles. The molecule has 1 aliphatic carbocycles. The summed E-state index contributed by atoms with van der Waals surface area (Å²) in [6.07, 6.45) is 6.52. The number of aryl methyl sites for hydroxylation is 1. The first kappa shape index (κ1) is 12.6. The van der Waals surface area contributed by atoms with Crippen LogP contribution in [0.5, 0.6) is 0 Å². The van der Waals surface area contributed by atoms with Gasteiger partial charge in [-0.25, -0.2) is 0 Å². The van der Waals surface area contributed by atoms with E-state index in [-0.39, 0.29) is 11.8 Å². The van der Waals surface area contributed by atoms with Crippen molar-refractivity contribution in [2.75, 3.05) is 13.1 Å². The SMILES string of the molecule is Cn1cnnc1C1CCCN(C(=O)C2(N)CCC2)C1. The molecular formula is C13H21N5O. The van der Waals surface area contributed by atoms with Gasteiger partial charge in [0.05, 0.1) is 5.54 Å². The number of hydrogen-bond donors (Lipinski definition) is 1. The number of rotatable bonds is 2.